The van der Waals surface area contributed by atoms with E-state index in [9.17, 15) is 8.42 Å². The Morgan fingerprint density at radius 2 is 2.11 bits per heavy atom. The number of benzene rings is 1. The highest BCUT2D eigenvalue weighted by atomic mass is 32.2. The van der Waals surface area contributed by atoms with Gasteiger partial charge in [-0.1, -0.05) is 0 Å². The largest absolute Gasteiger partial charge is 0.495 e. The van der Waals surface area contributed by atoms with Crippen LogP contribution >= 0.6 is 0 Å². The lowest BCUT2D eigenvalue weighted by Gasteiger charge is -2.11. The number of anilines is 1. The van der Waals surface area contributed by atoms with Crippen LogP contribution in [0.25, 0.3) is 0 Å². The van der Waals surface area contributed by atoms with E-state index in [0.29, 0.717) is 30.0 Å². The summed E-state index contributed by atoms with van der Waals surface area (Å²) < 4.78 is 35.9. The van der Waals surface area contributed by atoms with Gasteiger partial charge in [0.25, 0.3) is 0 Å². The molecule has 6 nitrogen and oxygen atoms in total. The monoisotopic (exact) mass is 284 g/mol. The molecule has 1 aromatic carbocycles. The summed E-state index contributed by atoms with van der Waals surface area (Å²) in [6.07, 6.45) is 0.407. The van der Waals surface area contributed by atoms with E-state index in [0.717, 1.165) is 0 Å². The van der Waals surface area contributed by atoms with Crippen molar-refractivity contribution in [1.29, 1.82) is 5.26 Å². The maximum Gasteiger partial charge on any atom is 0.232 e. The second-order valence-corrected chi connectivity index (χ2v) is 5.64. The zero-order valence-corrected chi connectivity index (χ0v) is 11.7. The number of sulfonamides is 1. The Kier molecular flexibility index (Phi) is 5.60. The molecule has 0 bridgehead atoms. The Bertz CT molecular complexity index is 564. The summed E-state index contributed by atoms with van der Waals surface area (Å²) in [6, 6.07) is 6.47. The fourth-order valence-electron chi connectivity index (χ4n) is 1.46. The molecule has 0 aliphatic carbocycles. The Hall–Kier alpha value is -1.78. The molecule has 0 unspecified atom stereocenters. The van der Waals surface area contributed by atoms with Gasteiger partial charge >= 0.3 is 0 Å². The van der Waals surface area contributed by atoms with E-state index in [1.54, 1.807) is 0 Å². The van der Waals surface area contributed by atoms with Crippen molar-refractivity contribution in [2.24, 2.45) is 0 Å². The zero-order valence-electron chi connectivity index (χ0n) is 10.8. The fraction of sp³-hybridized carbons (Fsp3) is 0.417. The maximum atomic E-state index is 11.8. The number of hydrogen-bond donors (Lipinski definition) is 1. The molecule has 0 saturated carbocycles. The highest BCUT2D eigenvalue weighted by Crippen LogP contribution is 2.26. The van der Waals surface area contributed by atoms with Gasteiger partial charge in [0.1, 0.15) is 5.75 Å². The number of nitrogens with one attached hydrogen (secondary N) is 1. The van der Waals surface area contributed by atoms with Crippen molar-refractivity contribution in [3.05, 3.63) is 23.8 Å². The summed E-state index contributed by atoms with van der Waals surface area (Å²) in [4.78, 5) is 0. The molecule has 0 fully saturated rings. The smallest absolute Gasteiger partial charge is 0.232 e. The van der Waals surface area contributed by atoms with Crippen LogP contribution < -0.4 is 9.46 Å². The third-order valence-corrected chi connectivity index (χ3v) is 3.71. The molecule has 0 atom stereocenters. The number of rotatable bonds is 7. The molecular formula is C12H16N2O4S. The summed E-state index contributed by atoms with van der Waals surface area (Å²) in [5.74, 6) is 0.277. The lowest BCUT2D eigenvalue weighted by Crippen LogP contribution is -2.18. The van der Waals surface area contributed by atoms with Gasteiger partial charge in [-0.2, -0.15) is 5.26 Å². The molecule has 1 N–H and O–H groups in total. The predicted molar refractivity (Wildman–Crippen MR) is 71.6 cm³/mol. The molecule has 19 heavy (non-hydrogen) atoms. The quantitative estimate of drug-likeness (QED) is 0.763. The van der Waals surface area contributed by atoms with E-state index >= 15 is 0 Å². The highest BCUT2D eigenvalue weighted by Gasteiger charge is 2.13. The van der Waals surface area contributed by atoms with Crippen LogP contribution in [0.4, 0.5) is 5.69 Å². The van der Waals surface area contributed by atoms with Crippen molar-refractivity contribution >= 4 is 15.7 Å². The number of ether oxygens (including phenoxy) is 2. The first-order valence-corrected chi connectivity index (χ1v) is 7.25. The lowest BCUT2D eigenvalue weighted by atomic mass is 10.2. The number of methoxy groups -OCH3 is 2. The Labute approximate surface area is 113 Å². The van der Waals surface area contributed by atoms with Gasteiger partial charge in [0.15, 0.2) is 0 Å². The third kappa shape index (κ3) is 4.77. The van der Waals surface area contributed by atoms with E-state index in [4.69, 9.17) is 14.7 Å². The summed E-state index contributed by atoms with van der Waals surface area (Å²) in [5.41, 5.74) is 0.720. The third-order valence-electron chi connectivity index (χ3n) is 2.36. The molecule has 0 heterocycles. The first kappa shape index (κ1) is 15.3. The molecule has 1 aromatic rings. The van der Waals surface area contributed by atoms with Gasteiger partial charge in [-0.05, 0) is 18.6 Å². The average molecular weight is 284 g/mol. The van der Waals surface area contributed by atoms with Crippen LogP contribution in [0.1, 0.15) is 12.0 Å². The molecule has 0 spiro atoms. The summed E-state index contributed by atoms with van der Waals surface area (Å²) in [5, 5.41) is 8.77. The number of nitriles is 1. The van der Waals surface area contributed by atoms with Crippen LogP contribution in [-0.2, 0) is 14.8 Å². The van der Waals surface area contributed by atoms with E-state index in [1.165, 1.54) is 32.4 Å². The topological polar surface area (TPSA) is 88.4 Å². The van der Waals surface area contributed by atoms with Crippen LogP contribution in [0.3, 0.4) is 0 Å². The normalized spacial score (nSPS) is 10.8. The molecule has 0 aromatic heterocycles. The lowest BCUT2D eigenvalue weighted by molar-refractivity contribution is 0.199. The summed E-state index contributed by atoms with van der Waals surface area (Å²) in [7, 11) is -0.519. The predicted octanol–water partition coefficient (Wildman–Crippen LogP) is 1.35. The van der Waals surface area contributed by atoms with E-state index in [2.05, 4.69) is 4.72 Å². The summed E-state index contributed by atoms with van der Waals surface area (Å²) in [6.45, 7) is 0.380. The molecule has 0 radical (unpaired) electrons. The van der Waals surface area contributed by atoms with Crippen molar-refractivity contribution in [3.8, 4) is 11.8 Å². The van der Waals surface area contributed by atoms with Gasteiger partial charge in [-0.25, -0.2) is 8.42 Å². The Morgan fingerprint density at radius 1 is 1.37 bits per heavy atom. The van der Waals surface area contributed by atoms with Crippen LogP contribution in [0, 0.1) is 11.3 Å². The van der Waals surface area contributed by atoms with Gasteiger partial charge < -0.3 is 9.47 Å². The first-order valence-electron chi connectivity index (χ1n) is 5.60. The van der Waals surface area contributed by atoms with Crippen molar-refractivity contribution < 1.29 is 17.9 Å². The van der Waals surface area contributed by atoms with Gasteiger partial charge in [0, 0.05) is 19.8 Å². The zero-order chi connectivity index (χ0) is 14.3. The second kappa shape index (κ2) is 6.97. The molecule has 1 rings (SSSR count). The highest BCUT2D eigenvalue weighted by molar-refractivity contribution is 7.92. The molecule has 104 valence electrons. The standard InChI is InChI=1S/C12H16N2O4S/c1-17-6-3-7-19(15,16)14-11-5-4-10(9-13)8-12(11)18-2/h4-5,8,14H,3,6-7H2,1-2H3. The second-order valence-electron chi connectivity index (χ2n) is 3.79. The van der Waals surface area contributed by atoms with Crippen LogP contribution in [0.15, 0.2) is 18.2 Å². The van der Waals surface area contributed by atoms with E-state index < -0.39 is 10.0 Å². The molecular weight excluding hydrogens is 268 g/mol. The Morgan fingerprint density at radius 3 is 2.68 bits per heavy atom. The van der Waals surface area contributed by atoms with Crippen LogP contribution in [0.2, 0.25) is 0 Å². The summed E-state index contributed by atoms with van der Waals surface area (Å²) >= 11 is 0. The molecule has 7 heteroatoms. The Balaban J connectivity index is 2.84. The van der Waals surface area contributed by atoms with Crippen molar-refractivity contribution in [1.82, 2.24) is 0 Å². The SMILES string of the molecule is COCCCS(=O)(=O)Nc1ccc(C#N)cc1OC. The minimum absolute atomic E-state index is 0.0377. The van der Waals surface area contributed by atoms with Crippen LogP contribution in [0.5, 0.6) is 5.75 Å². The first-order chi connectivity index (χ1) is 9.02. The fourth-order valence-corrected chi connectivity index (χ4v) is 2.56. The van der Waals surface area contributed by atoms with Gasteiger partial charge in [-0.15, -0.1) is 0 Å². The van der Waals surface area contributed by atoms with Gasteiger partial charge in [0.2, 0.25) is 10.0 Å². The van der Waals surface area contributed by atoms with E-state index in [1.807, 2.05) is 6.07 Å². The average Bonchev–Trinajstić information content (AvgIpc) is 2.39. The van der Waals surface area contributed by atoms with Crippen molar-refractivity contribution in [2.75, 3.05) is 31.3 Å². The number of hydrogen-bond acceptors (Lipinski definition) is 5. The van der Waals surface area contributed by atoms with Crippen molar-refractivity contribution in [2.45, 2.75) is 6.42 Å². The van der Waals surface area contributed by atoms with Gasteiger partial charge in [-0.3, -0.25) is 4.72 Å². The van der Waals surface area contributed by atoms with Crippen LogP contribution in [-0.4, -0.2) is 35.0 Å². The molecule has 0 amide bonds. The molecule has 0 saturated heterocycles. The van der Waals surface area contributed by atoms with Crippen molar-refractivity contribution in [3.63, 3.8) is 0 Å². The minimum Gasteiger partial charge on any atom is -0.495 e. The van der Waals surface area contributed by atoms with E-state index in [-0.39, 0.29) is 5.75 Å². The molecule has 0 aliphatic heterocycles. The number of nitrogens with zero attached hydrogens (tertiary/aromatic N) is 1. The maximum absolute atomic E-state index is 11.8. The van der Waals surface area contributed by atoms with Gasteiger partial charge in [0.05, 0.1) is 30.2 Å². The molecule has 0 aliphatic rings. The minimum atomic E-state index is -3.45.